The SMILES string of the molecule is c1ccc2c(CNc3ncn[nH]3)cccc2c1. The van der Waals surface area contributed by atoms with Gasteiger partial charge in [0.05, 0.1) is 0 Å². The lowest BCUT2D eigenvalue weighted by atomic mass is 10.0. The van der Waals surface area contributed by atoms with E-state index in [1.807, 2.05) is 0 Å². The van der Waals surface area contributed by atoms with Gasteiger partial charge in [-0.2, -0.15) is 5.10 Å². The van der Waals surface area contributed by atoms with Crippen LogP contribution in [0.1, 0.15) is 5.56 Å². The van der Waals surface area contributed by atoms with Crippen molar-refractivity contribution in [1.82, 2.24) is 15.2 Å². The molecule has 4 nitrogen and oxygen atoms in total. The van der Waals surface area contributed by atoms with Gasteiger partial charge in [0, 0.05) is 6.54 Å². The molecule has 0 unspecified atom stereocenters. The average molecular weight is 224 g/mol. The van der Waals surface area contributed by atoms with Crippen LogP contribution in [0.4, 0.5) is 5.95 Å². The molecule has 17 heavy (non-hydrogen) atoms. The molecular weight excluding hydrogens is 212 g/mol. The fourth-order valence-electron chi connectivity index (χ4n) is 1.92. The van der Waals surface area contributed by atoms with Gasteiger partial charge in [-0.25, -0.2) is 10.1 Å². The van der Waals surface area contributed by atoms with Gasteiger partial charge in [0.2, 0.25) is 5.95 Å². The Kier molecular flexibility index (Phi) is 2.46. The first-order chi connectivity index (χ1) is 8.43. The quantitative estimate of drug-likeness (QED) is 0.719. The maximum Gasteiger partial charge on any atom is 0.218 e. The first kappa shape index (κ1) is 9.84. The Bertz CT molecular complexity index is 611. The number of hydrogen-bond acceptors (Lipinski definition) is 3. The van der Waals surface area contributed by atoms with Crippen LogP contribution in [-0.2, 0) is 6.54 Å². The highest BCUT2D eigenvalue weighted by molar-refractivity contribution is 5.85. The van der Waals surface area contributed by atoms with E-state index in [1.54, 1.807) is 0 Å². The van der Waals surface area contributed by atoms with Gasteiger partial charge in [-0.15, -0.1) is 0 Å². The van der Waals surface area contributed by atoms with Crippen molar-refractivity contribution in [2.24, 2.45) is 0 Å². The zero-order valence-electron chi connectivity index (χ0n) is 9.22. The summed E-state index contributed by atoms with van der Waals surface area (Å²) in [7, 11) is 0. The van der Waals surface area contributed by atoms with Crippen molar-refractivity contribution < 1.29 is 0 Å². The number of benzene rings is 2. The van der Waals surface area contributed by atoms with Crippen molar-refractivity contribution in [3.8, 4) is 0 Å². The molecule has 4 heteroatoms. The van der Waals surface area contributed by atoms with Gasteiger partial charge in [-0.3, -0.25) is 0 Å². The third-order valence-corrected chi connectivity index (χ3v) is 2.74. The van der Waals surface area contributed by atoms with E-state index in [0.717, 1.165) is 6.54 Å². The van der Waals surface area contributed by atoms with Gasteiger partial charge in [0.15, 0.2) is 0 Å². The topological polar surface area (TPSA) is 53.6 Å². The Balaban J connectivity index is 1.90. The summed E-state index contributed by atoms with van der Waals surface area (Å²) in [4.78, 5) is 4.03. The highest BCUT2D eigenvalue weighted by Gasteiger charge is 2.00. The molecule has 3 aromatic rings. The van der Waals surface area contributed by atoms with Crippen LogP contribution in [0.3, 0.4) is 0 Å². The highest BCUT2D eigenvalue weighted by Crippen LogP contribution is 2.18. The van der Waals surface area contributed by atoms with Crippen LogP contribution in [0.25, 0.3) is 10.8 Å². The average Bonchev–Trinajstić information content (AvgIpc) is 2.89. The number of nitrogens with zero attached hydrogens (tertiary/aromatic N) is 2. The smallest absolute Gasteiger partial charge is 0.218 e. The minimum Gasteiger partial charge on any atom is -0.351 e. The molecule has 0 fully saturated rings. The number of aromatic nitrogens is 3. The fourth-order valence-corrected chi connectivity index (χ4v) is 1.92. The molecule has 0 aliphatic rings. The Hall–Kier alpha value is -2.36. The summed E-state index contributed by atoms with van der Waals surface area (Å²) < 4.78 is 0. The van der Waals surface area contributed by atoms with E-state index in [1.165, 1.54) is 22.7 Å². The second kappa shape index (κ2) is 4.25. The molecule has 0 saturated carbocycles. The van der Waals surface area contributed by atoms with Crippen LogP contribution in [-0.4, -0.2) is 15.2 Å². The zero-order valence-corrected chi connectivity index (χ0v) is 9.22. The van der Waals surface area contributed by atoms with Gasteiger partial charge < -0.3 is 5.32 Å². The van der Waals surface area contributed by atoms with E-state index in [4.69, 9.17) is 0 Å². The van der Waals surface area contributed by atoms with Crippen molar-refractivity contribution in [1.29, 1.82) is 0 Å². The van der Waals surface area contributed by atoms with Gasteiger partial charge in [-0.05, 0) is 16.3 Å². The maximum atomic E-state index is 4.03. The van der Waals surface area contributed by atoms with Gasteiger partial charge >= 0.3 is 0 Å². The predicted molar refractivity (Wildman–Crippen MR) is 67.7 cm³/mol. The Morgan fingerprint density at radius 2 is 1.94 bits per heavy atom. The number of nitrogens with one attached hydrogen (secondary N) is 2. The Morgan fingerprint density at radius 3 is 2.82 bits per heavy atom. The van der Waals surface area contributed by atoms with Crippen molar-refractivity contribution in [2.75, 3.05) is 5.32 Å². The molecule has 1 heterocycles. The monoisotopic (exact) mass is 224 g/mol. The predicted octanol–water partition coefficient (Wildman–Crippen LogP) is 2.57. The Morgan fingerprint density at radius 1 is 1.06 bits per heavy atom. The van der Waals surface area contributed by atoms with Crippen molar-refractivity contribution in [3.63, 3.8) is 0 Å². The highest BCUT2D eigenvalue weighted by atomic mass is 15.3. The number of anilines is 1. The maximum absolute atomic E-state index is 4.03. The number of H-pyrrole nitrogens is 1. The van der Waals surface area contributed by atoms with Crippen LogP contribution >= 0.6 is 0 Å². The fraction of sp³-hybridized carbons (Fsp3) is 0.0769. The van der Waals surface area contributed by atoms with Crippen molar-refractivity contribution >= 4 is 16.7 Å². The summed E-state index contributed by atoms with van der Waals surface area (Å²) in [6.07, 6.45) is 1.49. The van der Waals surface area contributed by atoms with E-state index in [9.17, 15) is 0 Å². The molecule has 0 amide bonds. The summed E-state index contributed by atoms with van der Waals surface area (Å²) in [6, 6.07) is 14.7. The number of hydrogen-bond donors (Lipinski definition) is 2. The van der Waals surface area contributed by atoms with E-state index in [-0.39, 0.29) is 0 Å². The zero-order chi connectivity index (χ0) is 11.5. The largest absolute Gasteiger partial charge is 0.351 e. The third kappa shape index (κ3) is 1.97. The van der Waals surface area contributed by atoms with Crippen LogP contribution < -0.4 is 5.32 Å². The molecule has 0 saturated heterocycles. The number of aromatic amines is 1. The van der Waals surface area contributed by atoms with Gasteiger partial charge in [0.25, 0.3) is 0 Å². The molecule has 3 rings (SSSR count). The van der Waals surface area contributed by atoms with E-state index >= 15 is 0 Å². The molecule has 0 bridgehead atoms. The lowest BCUT2D eigenvalue weighted by molar-refractivity contribution is 1.05. The van der Waals surface area contributed by atoms with E-state index in [2.05, 4.69) is 63.0 Å². The van der Waals surface area contributed by atoms with Crippen LogP contribution in [0.2, 0.25) is 0 Å². The molecule has 0 aliphatic carbocycles. The summed E-state index contributed by atoms with van der Waals surface area (Å²) in [5.74, 6) is 0.693. The first-order valence-corrected chi connectivity index (χ1v) is 5.49. The summed E-state index contributed by atoms with van der Waals surface area (Å²) in [5.41, 5.74) is 1.25. The summed E-state index contributed by atoms with van der Waals surface area (Å²) >= 11 is 0. The first-order valence-electron chi connectivity index (χ1n) is 5.49. The lowest BCUT2D eigenvalue weighted by Gasteiger charge is -2.06. The number of fused-ring (bicyclic) bond motifs is 1. The van der Waals surface area contributed by atoms with Gasteiger partial charge in [0.1, 0.15) is 6.33 Å². The minimum absolute atomic E-state index is 0.693. The summed E-state index contributed by atoms with van der Waals surface area (Å²) in [5, 5.41) is 12.3. The van der Waals surface area contributed by atoms with Crippen LogP contribution in [0.5, 0.6) is 0 Å². The van der Waals surface area contributed by atoms with E-state index < -0.39 is 0 Å². The molecule has 2 N–H and O–H groups in total. The van der Waals surface area contributed by atoms with Crippen LogP contribution in [0.15, 0.2) is 48.8 Å². The van der Waals surface area contributed by atoms with Gasteiger partial charge in [-0.1, -0.05) is 42.5 Å². The normalized spacial score (nSPS) is 10.6. The van der Waals surface area contributed by atoms with Crippen molar-refractivity contribution in [2.45, 2.75) is 6.54 Å². The standard InChI is InChI=1S/C13H12N4/c1-2-7-12-10(4-1)5-3-6-11(12)8-14-13-15-9-16-17-13/h1-7,9H,8H2,(H2,14,15,16,17). The summed E-state index contributed by atoms with van der Waals surface area (Å²) in [6.45, 7) is 0.733. The van der Waals surface area contributed by atoms with Crippen molar-refractivity contribution in [3.05, 3.63) is 54.4 Å². The van der Waals surface area contributed by atoms with E-state index in [0.29, 0.717) is 5.95 Å². The third-order valence-electron chi connectivity index (χ3n) is 2.74. The molecule has 0 atom stereocenters. The molecule has 0 aliphatic heterocycles. The molecular formula is C13H12N4. The number of rotatable bonds is 3. The molecule has 84 valence electrons. The Labute approximate surface area is 98.7 Å². The molecule has 0 spiro atoms. The van der Waals surface area contributed by atoms with Crippen LogP contribution in [0, 0.1) is 0 Å². The minimum atomic E-state index is 0.693. The molecule has 1 aromatic heterocycles. The molecule has 2 aromatic carbocycles. The second-order valence-corrected chi connectivity index (χ2v) is 3.83. The second-order valence-electron chi connectivity index (χ2n) is 3.83. The lowest BCUT2D eigenvalue weighted by Crippen LogP contribution is -2.01. The molecule has 0 radical (unpaired) electrons.